The van der Waals surface area contributed by atoms with Gasteiger partial charge in [0, 0.05) is 0 Å². The molecule has 0 aromatic heterocycles. The van der Waals surface area contributed by atoms with E-state index in [1.807, 2.05) is 24.3 Å². The molecule has 0 spiro atoms. The summed E-state index contributed by atoms with van der Waals surface area (Å²) in [5, 5.41) is 0. The number of ether oxygens (including phenoxy) is 1. The van der Waals surface area contributed by atoms with Gasteiger partial charge in [0.15, 0.2) is 5.78 Å². The van der Waals surface area contributed by atoms with Gasteiger partial charge in [-0.2, -0.15) is 0 Å². The van der Waals surface area contributed by atoms with E-state index < -0.39 is 0 Å². The van der Waals surface area contributed by atoms with Crippen LogP contribution in [0.1, 0.15) is 34.7 Å². The maximum absolute atomic E-state index is 11.7. The van der Waals surface area contributed by atoms with E-state index in [9.17, 15) is 4.79 Å². The van der Waals surface area contributed by atoms with Crippen molar-refractivity contribution in [2.75, 3.05) is 7.11 Å². The van der Waals surface area contributed by atoms with E-state index in [4.69, 9.17) is 4.74 Å². The van der Waals surface area contributed by atoms with Crippen molar-refractivity contribution in [3.63, 3.8) is 0 Å². The number of aryl methyl sites for hydroxylation is 3. The summed E-state index contributed by atoms with van der Waals surface area (Å²) in [6.45, 7) is 7.85. The molecule has 2 rings (SSSR count). The predicted octanol–water partition coefficient (Wildman–Crippen LogP) is 4.64. The highest BCUT2D eigenvalue weighted by atomic mass is 16.5. The standard InChI is InChI=1S/C20H22O2/c1-13-10-14(2)20(15(3)11-13)19(12-16(4)21)17-6-8-18(22-5)9-7-17/h6-12H,1-5H3/b19-12+. The summed E-state index contributed by atoms with van der Waals surface area (Å²) in [5.41, 5.74) is 6.71. The molecule has 0 bridgehead atoms. The molecule has 0 radical (unpaired) electrons. The van der Waals surface area contributed by atoms with Crippen LogP contribution in [0.25, 0.3) is 5.57 Å². The Labute approximate surface area is 132 Å². The quantitative estimate of drug-likeness (QED) is 0.768. The summed E-state index contributed by atoms with van der Waals surface area (Å²) >= 11 is 0. The number of carbonyl (C=O) groups excluding carboxylic acids is 1. The van der Waals surface area contributed by atoms with Gasteiger partial charge in [-0.3, -0.25) is 4.79 Å². The molecule has 0 saturated carbocycles. The summed E-state index contributed by atoms with van der Waals surface area (Å²) in [6, 6.07) is 12.1. The Morgan fingerprint density at radius 1 is 1.00 bits per heavy atom. The number of hydrogen-bond acceptors (Lipinski definition) is 2. The minimum Gasteiger partial charge on any atom is -0.497 e. The van der Waals surface area contributed by atoms with E-state index in [-0.39, 0.29) is 5.78 Å². The molecule has 0 aliphatic heterocycles. The van der Waals surface area contributed by atoms with Crippen molar-refractivity contribution in [2.45, 2.75) is 27.7 Å². The zero-order valence-electron chi connectivity index (χ0n) is 13.9. The van der Waals surface area contributed by atoms with Crippen LogP contribution in [0.2, 0.25) is 0 Å². The van der Waals surface area contributed by atoms with Crippen LogP contribution in [0.15, 0.2) is 42.5 Å². The van der Waals surface area contributed by atoms with E-state index in [0.29, 0.717) is 0 Å². The predicted molar refractivity (Wildman–Crippen MR) is 91.4 cm³/mol. The fraction of sp³-hybridized carbons (Fsp3) is 0.250. The lowest BCUT2D eigenvalue weighted by Crippen LogP contribution is -1.99. The van der Waals surface area contributed by atoms with Gasteiger partial charge in [0.1, 0.15) is 5.75 Å². The Balaban J connectivity index is 2.64. The maximum atomic E-state index is 11.7. The molecule has 0 heterocycles. The van der Waals surface area contributed by atoms with Crippen LogP contribution in [0.4, 0.5) is 0 Å². The molecule has 2 aromatic carbocycles. The van der Waals surface area contributed by atoms with Crippen LogP contribution in [0, 0.1) is 20.8 Å². The molecule has 0 unspecified atom stereocenters. The normalized spacial score (nSPS) is 11.4. The lowest BCUT2D eigenvalue weighted by atomic mass is 9.89. The largest absolute Gasteiger partial charge is 0.497 e. The van der Waals surface area contributed by atoms with Crippen molar-refractivity contribution in [3.8, 4) is 5.75 Å². The van der Waals surface area contributed by atoms with Gasteiger partial charge in [0.25, 0.3) is 0 Å². The van der Waals surface area contributed by atoms with Crippen LogP contribution in [-0.2, 0) is 4.79 Å². The molecule has 0 atom stereocenters. The number of carbonyl (C=O) groups is 1. The molecule has 2 heteroatoms. The lowest BCUT2D eigenvalue weighted by Gasteiger charge is -2.16. The molecule has 0 aliphatic carbocycles. The number of hydrogen-bond donors (Lipinski definition) is 0. The van der Waals surface area contributed by atoms with Crippen LogP contribution in [0.5, 0.6) is 5.75 Å². The van der Waals surface area contributed by atoms with Crippen LogP contribution < -0.4 is 4.74 Å². The zero-order valence-corrected chi connectivity index (χ0v) is 13.9. The molecule has 0 saturated heterocycles. The van der Waals surface area contributed by atoms with Gasteiger partial charge in [-0.15, -0.1) is 0 Å². The molecular formula is C20H22O2. The average Bonchev–Trinajstić information content (AvgIpc) is 2.45. The van der Waals surface area contributed by atoms with Crippen molar-refractivity contribution in [1.82, 2.24) is 0 Å². The van der Waals surface area contributed by atoms with E-state index in [1.54, 1.807) is 20.1 Å². The summed E-state index contributed by atoms with van der Waals surface area (Å²) < 4.78 is 5.21. The molecule has 0 N–H and O–H groups in total. The van der Waals surface area contributed by atoms with Gasteiger partial charge in [-0.05, 0) is 73.7 Å². The third kappa shape index (κ3) is 3.45. The van der Waals surface area contributed by atoms with Gasteiger partial charge in [0.05, 0.1) is 7.11 Å². The first-order valence-electron chi connectivity index (χ1n) is 7.37. The fourth-order valence-electron chi connectivity index (χ4n) is 2.88. The van der Waals surface area contributed by atoms with E-state index in [2.05, 4.69) is 32.9 Å². The first kappa shape index (κ1) is 16.0. The summed E-state index contributed by atoms with van der Waals surface area (Å²) in [7, 11) is 1.65. The summed E-state index contributed by atoms with van der Waals surface area (Å²) in [5.74, 6) is 0.855. The number of ketones is 1. The number of methoxy groups -OCH3 is 1. The van der Waals surface area contributed by atoms with Crippen LogP contribution in [0.3, 0.4) is 0 Å². The molecule has 0 amide bonds. The number of benzene rings is 2. The third-order valence-corrected chi connectivity index (χ3v) is 3.69. The van der Waals surface area contributed by atoms with Crippen molar-refractivity contribution in [1.29, 1.82) is 0 Å². The second-order valence-electron chi connectivity index (χ2n) is 5.67. The van der Waals surface area contributed by atoms with Crippen molar-refractivity contribution >= 4 is 11.4 Å². The summed E-state index contributed by atoms with van der Waals surface area (Å²) in [4.78, 5) is 11.7. The highest BCUT2D eigenvalue weighted by Gasteiger charge is 2.12. The van der Waals surface area contributed by atoms with E-state index in [0.717, 1.165) is 22.4 Å². The van der Waals surface area contributed by atoms with Crippen LogP contribution in [-0.4, -0.2) is 12.9 Å². The molecule has 2 nitrogen and oxygen atoms in total. The fourth-order valence-corrected chi connectivity index (χ4v) is 2.88. The number of rotatable bonds is 4. The third-order valence-electron chi connectivity index (χ3n) is 3.69. The summed E-state index contributed by atoms with van der Waals surface area (Å²) in [6.07, 6.45) is 1.71. The first-order chi connectivity index (χ1) is 10.4. The smallest absolute Gasteiger partial charge is 0.153 e. The highest BCUT2D eigenvalue weighted by molar-refractivity contribution is 6.00. The van der Waals surface area contributed by atoms with Crippen LogP contribution >= 0.6 is 0 Å². The monoisotopic (exact) mass is 294 g/mol. The Morgan fingerprint density at radius 3 is 2.00 bits per heavy atom. The van der Waals surface area contributed by atoms with Gasteiger partial charge in [0.2, 0.25) is 0 Å². The minimum atomic E-state index is 0.0465. The topological polar surface area (TPSA) is 26.3 Å². The Kier molecular flexibility index (Phi) is 4.81. The molecule has 2 aromatic rings. The molecule has 0 aliphatic rings. The molecular weight excluding hydrogens is 272 g/mol. The molecule has 0 fully saturated rings. The van der Waals surface area contributed by atoms with E-state index in [1.165, 1.54) is 16.7 Å². The van der Waals surface area contributed by atoms with Gasteiger partial charge < -0.3 is 4.74 Å². The molecule has 22 heavy (non-hydrogen) atoms. The van der Waals surface area contributed by atoms with Gasteiger partial charge in [-0.1, -0.05) is 29.8 Å². The minimum absolute atomic E-state index is 0.0465. The second kappa shape index (κ2) is 6.61. The maximum Gasteiger partial charge on any atom is 0.153 e. The van der Waals surface area contributed by atoms with Crippen molar-refractivity contribution in [2.24, 2.45) is 0 Å². The molecule has 114 valence electrons. The number of allylic oxidation sites excluding steroid dienone is 1. The van der Waals surface area contributed by atoms with Crippen molar-refractivity contribution < 1.29 is 9.53 Å². The Bertz CT molecular complexity index is 699. The zero-order chi connectivity index (χ0) is 16.3. The SMILES string of the molecule is COc1ccc(/C(=C\C(C)=O)c2c(C)cc(C)cc2C)cc1. The van der Waals surface area contributed by atoms with Gasteiger partial charge in [-0.25, -0.2) is 0 Å². The lowest BCUT2D eigenvalue weighted by molar-refractivity contribution is -0.112. The second-order valence-corrected chi connectivity index (χ2v) is 5.67. The highest BCUT2D eigenvalue weighted by Crippen LogP contribution is 2.31. The van der Waals surface area contributed by atoms with Crippen molar-refractivity contribution in [3.05, 3.63) is 70.3 Å². The first-order valence-corrected chi connectivity index (χ1v) is 7.37. The average molecular weight is 294 g/mol. The van der Waals surface area contributed by atoms with Gasteiger partial charge >= 0.3 is 0 Å². The van der Waals surface area contributed by atoms with E-state index >= 15 is 0 Å². The Morgan fingerprint density at radius 2 is 1.55 bits per heavy atom. The Hall–Kier alpha value is -2.35.